The molecule has 4 nitrogen and oxygen atoms in total. The highest BCUT2D eigenvalue weighted by molar-refractivity contribution is 5.96. The number of nitrogens with one attached hydrogen (secondary N) is 1. The fourth-order valence-corrected chi connectivity index (χ4v) is 3.96. The zero-order chi connectivity index (χ0) is 21.8. The summed E-state index contributed by atoms with van der Waals surface area (Å²) in [5.74, 6) is 0.131. The Morgan fingerprint density at radius 3 is 2.80 bits per heavy atom. The SMILES string of the molecule is C=C/C(=C\C=CCC)C1CNCC2(CCN(C(=O)C3=CCC=CC=C3)CC2)O1.CC. The Labute approximate surface area is 182 Å². The van der Waals surface area contributed by atoms with Gasteiger partial charge in [0.25, 0.3) is 5.91 Å². The molecule has 1 spiro atoms. The highest BCUT2D eigenvalue weighted by Crippen LogP contribution is 2.32. The number of likely N-dealkylation sites (tertiary alicyclic amines) is 1. The first kappa shape index (κ1) is 24.1. The zero-order valence-electron chi connectivity index (χ0n) is 18.9. The van der Waals surface area contributed by atoms with Crippen LogP contribution in [0.15, 0.2) is 72.4 Å². The van der Waals surface area contributed by atoms with Gasteiger partial charge in [-0.05, 0) is 37.3 Å². The molecule has 3 rings (SSSR count). The average Bonchev–Trinajstić information content (AvgIpc) is 3.08. The number of carbonyl (C=O) groups is 1. The summed E-state index contributed by atoms with van der Waals surface area (Å²) in [5.41, 5.74) is 1.70. The monoisotopic (exact) mass is 410 g/mol. The Hall–Kier alpha value is -2.17. The topological polar surface area (TPSA) is 41.6 Å². The fraction of sp³-hybridized carbons (Fsp3) is 0.500. The van der Waals surface area contributed by atoms with E-state index in [-0.39, 0.29) is 17.6 Å². The van der Waals surface area contributed by atoms with Crippen molar-refractivity contribution < 1.29 is 9.53 Å². The third-order valence-electron chi connectivity index (χ3n) is 5.64. The first-order valence-corrected chi connectivity index (χ1v) is 11.4. The van der Waals surface area contributed by atoms with Crippen molar-refractivity contribution >= 4 is 5.91 Å². The Morgan fingerprint density at radius 2 is 2.10 bits per heavy atom. The Kier molecular flexibility index (Phi) is 10.0. The minimum atomic E-state index is -0.203. The van der Waals surface area contributed by atoms with E-state index in [1.54, 1.807) is 0 Å². The normalized spacial score (nSPS) is 23.6. The molecule has 0 aromatic heterocycles. The zero-order valence-corrected chi connectivity index (χ0v) is 18.9. The molecule has 2 heterocycles. The highest BCUT2D eigenvalue weighted by atomic mass is 16.5. The number of amides is 1. The Balaban J connectivity index is 0.00000155. The molecule has 2 saturated heterocycles. The molecule has 2 aliphatic heterocycles. The largest absolute Gasteiger partial charge is 0.364 e. The van der Waals surface area contributed by atoms with E-state index in [9.17, 15) is 4.79 Å². The van der Waals surface area contributed by atoms with E-state index in [0.29, 0.717) is 0 Å². The number of hydrogen-bond donors (Lipinski definition) is 1. The predicted octanol–water partition coefficient (Wildman–Crippen LogP) is 4.88. The van der Waals surface area contributed by atoms with Crippen LogP contribution in [0.5, 0.6) is 0 Å². The van der Waals surface area contributed by atoms with E-state index >= 15 is 0 Å². The van der Waals surface area contributed by atoms with Crippen LogP contribution in [-0.2, 0) is 9.53 Å². The minimum Gasteiger partial charge on any atom is -0.364 e. The first-order valence-electron chi connectivity index (χ1n) is 11.4. The highest BCUT2D eigenvalue weighted by Gasteiger charge is 2.41. The van der Waals surface area contributed by atoms with Crippen LogP contribution < -0.4 is 5.32 Å². The van der Waals surface area contributed by atoms with Crippen molar-refractivity contribution in [2.75, 3.05) is 26.2 Å². The van der Waals surface area contributed by atoms with Crippen molar-refractivity contribution in [2.24, 2.45) is 0 Å². The van der Waals surface area contributed by atoms with Crippen LogP contribution >= 0.6 is 0 Å². The number of rotatable bonds is 5. The molecular weight excluding hydrogens is 372 g/mol. The summed E-state index contributed by atoms with van der Waals surface area (Å²) >= 11 is 0. The van der Waals surface area contributed by atoms with Crippen LogP contribution in [0.25, 0.3) is 0 Å². The molecule has 1 N–H and O–H groups in total. The van der Waals surface area contributed by atoms with Crippen molar-refractivity contribution in [1.82, 2.24) is 10.2 Å². The third kappa shape index (κ3) is 6.41. The summed E-state index contributed by atoms with van der Waals surface area (Å²) in [4.78, 5) is 14.8. The van der Waals surface area contributed by atoms with Gasteiger partial charge in [0.1, 0.15) is 0 Å². The van der Waals surface area contributed by atoms with E-state index in [0.717, 1.165) is 63.0 Å². The minimum absolute atomic E-state index is 0.00794. The molecule has 0 radical (unpaired) electrons. The molecule has 2 fully saturated rings. The number of hydrogen-bond acceptors (Lipinski definition) is 3. The van der Waals surface area contributed by atoms with E-state index in [4.69, 9.17) is 4.74 Å². The number of piperidine rings is 1. The smallest absolute Gasteiger partial charge is 0.253 e. The van der Waals surface area contributed by atoms with Crippen LogP contribution in [-0.4, -0.2) is 48.7 Å². The lowest BCUT2D eigenvalue weighted by Gasteiger charge is -2.47. The molecule has 3 aliphatic rings. The van der Waals surface area contributed by atoms with Gasteiger partial charge >= 0.3 is 0 Å². The standard InChI is InChI=1S/C24H32N2O2.C2H6/c1-3-5-8-11-20(4-2)22-18-25-19-24(28-22)14-16-26(17-15-24)23(27)21-12-9-6-7-10-13-21;1-2/h4-9,11-13,22,25H,2-3,10,14-19H2,1H3;1-2H3/b8-5?,20-11+;. The van der Waals surface area contributed by atoms with E-state index in [2.05, 4.69) is 43.1 Å². The number of carbonyl (C=O) groups excluding carboxylic acids is 1. The molecule has 0 bridgehead atoms. The van der Waals surface area contributed by atoms with Crippen LogP contribution in [0.4, 0.5) is 0 Å². The molecule has 0 saturated carbocycles. The van der Waals surface area contributed by atoms with Gasteiger partial charge in [-0.1, -0.05) is 76.0 Å². The second kappa shape index (κ2) is 12.5. The molecule has 1 amide bonds. The quantitative estimate of drug-likeness (QED) is 0.657. The van der Waals surface area contributed by atoms with Crippen molar-refractivity contribution in [2.45, 2.75) is 58.2 Å². The first-order chi connectivity index (χ1) is 14.7. The lowest BCUT2D eigenvalue weighted by atomic mass is 9.88. The second-order valence-electron chi connectivity index (χ2n) is 7.60. The summed E-state index contributed by atoms with van der Waals surface area (Å²) in [6.45, 7) is 13.2. The maximum absolute atomic E-state index is 12.8. The predicted molar refractivity (Wildman–Crippen MR) is 126 cm³/mol. The van der Waals surface area contributed by atoms with Gasteiger partial charge in [-0.3, -0.25) is 4.79 Å². The van der Waals surface area contributed by atoms with Crippen LogP contribution in [0.3, 0.4) is 0 Å². The maximum Gasteiger partial charge on any atom is 0.253 e. The molecule has 4 heteroatoms. The van der Waals surface area contributed by atoms with Crippen molar-refractivity contribution in [3.05, 3.63) is 72.4 Å². The van der Waals surface area contributed by atoms with E-state index in [1.807, 2.05) is 49.1 Å². The number of allylic oxidation sites excluding steroid dienone is 7. The second-order valence-corrected chi connectivity index (χ2v) is 7.60. The Morgan fingerprint density at radius 1 is 1.33 bits per heavy atom. The number of morpholine rings is 1. The van der Waals surface area contributed by atoms with Gasteiger partial charge < -0.3 is 15.0 Å². The lowest BCUT2D eigenvalue weighted by molar-refractivity contribution is -0.144. The Bertz CT molecular complexity index is 719. The van der Waals surface area contributed by atoms with Gasteiger partial charge in [0.05, 0.1) is 11.7 Å². The maximum atomic E-state index is 12.8. The number of nitrogens with zero attached hydrogens (tertiary/aromatic N) is 1. The van der Waals surface area contributed by atoms with Gasteiger partial charge in [0.2, 0.25) is 0 Å². The van der Waals surface area contributed by atoms with Gasteiger partial charge in [-0.15, -0.1) is 0 Å². The molecule has 30 heavy (non-hydrogen) atoms. The summed E-state index contributed by atoms with van der Waals surface area (Å²) in [6.07, 6.45) is 21.6. The van der Waals surface area contributed by atoms with E-state index < -0.39 is 0 Å². The van der Waals surface area contributed by atoms with Gasteiger partial charge in [0.15, 0.2) is 0 Å². The van der Waals surface area contributed by atoms with Crippen molar-refractivity contribution in [3.8, 4) is 0 Å². The average molecular weight is 411 g/mol. The van der Waals surface area contributed by atoms with Crippen LogP contribution in [0, 0.1) is 0 Å². The molecule has 0 aromatic rings. The third-order valence-corrected chi connectivity index (χ3v) is 5.64. The molecule has 1 aliphatic carbocycles. The lowest BCUT2D eigenvalue weighted by Crippen LogP contribution is -2.59. The van der Waals surface area contributed by atoms with Crippen molar-refractivity contribution in [1.29, 1.82) is 0 Å². The van der Waals surface area contributed by atoms with E-state index in [1.165, 1.54) is 0 Å². The number of ether oxygens (including phenoxy) is 1. The summed E-state index contributed by atoms with van der Waals surface area (Å²) < 4.78 is 6.58. The molecule has 1 atom stereocenters. The van der Waals surface area contributed by atoms with Gasteiger partial charge in [-0.2, -0.15) is 0 Å². The van der Waals surface area contributed by atoms with Crippen molar-refractivity contribution in [3.63, 3.8) is 0 Å². The summed E-state index contributed by atoms with van der Waals surface area (Å²) in [6, 6.07) is 0. The fourth-order valence-electron chi connectivity index (χ4n) is 3.96. The summed E-state index contributed by atoms with van der Waals surface area (Å²) in [5, 5.41) is 3.54. The molecule has 164 valence electrons. The van der Waals surface area contributed by atoms with Crippen LogP contribution in [0.1, 0.15) is 46.5 Å². The van der Waals surface area contributed by atoms with Gasteiger partial charge in [0, 0.05) is 31.8 Å². The van der Waals surface area contributed by atoms with Crippen LogP contribution in [0.2, 0.25) is 0 Å². The molecule has 1 unspecified atom stereocenters. The summed E-state index contributed by atoms with van der Waals surface area (Å²) in [7, 11) is 0. The van der Waals surface area contributed by atoms with Gasteiger partial charge in [-0.25, -0.2) is 0 Å². The molecular formula is C26H38N2O2. The molecule has 0 aromatic carbocycles.